The Kier molecular flexibility index (Phi) is 11.4. The molecule has 1 saturated heterocycles. The van der Waals surface area contributed by atoms with E-state index in [1.54, 1.807) is 15.5 Å². The minimum Gasteiger partial charge on any atom is -0.465 e. The fourth-order valence-electron chi connectivity index (χ4n) is 3.18. The third-order valence-electron chi connectivity index (χ3n) is 4.73. The van der Waals surface area contributed by atoms with E-state index in [-0.39, 0.29) is 18.4 Å². The molecule has 4 amide bonds. The van der Waals surface area contributed by atoms with Crippen LogP contribution in [-0.4, -0.2) is 63.3 Å². The lowest BCUT2D eigenvalue weighted by Gasteiger charge is -2.14. The molecule has 3 aromatic rings. The fraction of sp³-hybridized carbons (Fsp3) is 0.375. The molecule has 36 heavy (non-hydrogen) atoms. The van der Waals surface area contributed by atoms with Crippen molar-refractivity contribution in [1.82, 2.24) is 19.6 Å². The molecular weight excluding hydrogens is 484 g/mol. The molecule has 0 spiro atoms. The van der Waals surface area contributed by atoms with Crippen molar-refractivity contribution >= 4 is 52.1 Å². The number of carbonyl (C=O) groups excluding carboxylic acids is 3. The van der Waals surface area contributed by atoms with Crippen molar-refractivity contribution in [2.75, 3.05) is 30.3 Å². The number of amides is 4. The number of benzene rings is 1. The van der Waals surface area contributed by atoms with Crippen LogP contribution >= 0.6 is 11.3 Å². The average molecular weight is 517 g/mol. The van der Waals surface area contributed by atoms with Gasteiger partial charge in [-0.1, -0.05) is 43.7 Å². The van der Waals surface area contributed by atoms with Gasteiger partial charge < -0.3 is 20.6 Å². The van der Waals surface area contributed by atoms with Gasteiger partial charge in [0.15, 0.2) is 10.8 Å². The third-order valence-corrected chi connectivity index (χ3v) is 5.78. The molecule has 12 heteroatoms. The Morgan fingerprint density at radius 2 is 1.75 bits per heavy atom. The van der Waals surface area contributed by atoms with Gasteiger partial charge in [-0.25, -0.2) is 9.78 Å². The largest absolute Gasteiger partial charge is 0.465 e. The number of hydrogen-bond acceptors (Lipinski definition) is 6. The van der Waals surface area contributed by atoms with Crippen LogP contribution in [0, 0.1) is 0 Å². The van der Waals surface area contributed by atoms with E-state index < -0.39 is 6.09 Å². The van der Waals surface area contributed by atoms with Gasteiger partial charge in [0.1, 0.15) is 0 Å². The van der Waals surface area contributed by atoms with Crippen molar-refractivity contribution < 1.29 is 24.3 Å². The monoisotopic (exact) mass is 516 g/mol. The van der Waals surface area contributed by atoms with Gasteiger partial charge in [-0.2, -0.15) is 0 Å². The number of thiazole rings is 1. The molecular formula is C24H32N6O5S. The number of anilines is 2. The van der Waals surface area contributed by atoms with Crippen molar-refractivity contribution in [1.29, 1.82) is 0 Å². The molecule has 0 aliphatic carbocycles. The quantitative estimate of drug-likeness (QED) is 0.366. The summed E-state index contributed by atoms with van der Waals surface area (Å²) in [4.78, 5) is 50.3. The third kappa shape index (κ3) is 9.02. The lowest BCUT2D eigenvalue weighted by atomic mass is 10.2. The Hall–Kier alpha value is -3.93. The summed E-state index contributed by atoms with van der Waals surface area (Å²) in [5, 5.41) is 15.9. The Balaban J connectivity index is 0.000000258. The SMILES string of the molecule is CC(=O)NCC(=O)N1CCCC1.CCC.O=CNc1ccc(-c2cn3cc(NC(=O)O)nc3s2)cc1. The Bertz CT molecular complexity index is 1120. The Labute approximate surface area is 213 Å². The highest BCUT2D eigenvalue weighted by molar-refractivity contribution is 7.20. The van der Waals surface area contributed by atoms with E-state index in [1.165, 1.54) is 24.7 Å². The van der Waals surface area contributed by atoms with Crippen LogP contribution < -0.4 is 16.0 Å². The first kappa shape index (κ1) is 28.3. The van der Waals surface area contributed by atoms with Gasteiger partial charge in [-0.05, 0) is 30.5 Å². The zero-order chi connectivity index (χ0) is 26.5. The molecule has 11 nitrogen and oxygen atoms in total. The molecule has 3 heterocycles. The van der Waals surface area contributed by atoms with Crippen LogP contribution in [0.2, 0.25) is 0 Å². The van der Waals surface area contributed by atoms with Gasteiger partial charge in [0, 0.05) is 31.9 Å². The summed E-state index contributed by atoms with van der Waals surface area (Å²) in [6.07, 6.45) is 6.41. The van der Waals surface area contributed by atoms with Crippen LogP contribution in [-0.2, 0) is 14.4 Å². The van der Waals surface area contributed by atoms with Crippen LogP contribution in [0.25, 0.3) is 15.4 Å². The number of aromatic nitrogens is 2. The zero-order valence-corrected chi connectivity index (χ0v) is 21.4. The smallest absolute Gasteiger partial charge is 0.410 e. The predicted octanol–water partition coefficient (Wildman–Crippen LogP) is 3.88. The second-order valence-electron chi connectivity index (χ2n) is 7.89. The molecule has 1 fully saturated rings. The number of carboxylic acid groups (broad SMARTS) is 1. The fourth-order valence-corrected chi connectivity index (χ4v) is 4.15. The molecule has 1 aromatic carbocycles. The number of nitrogens with zero attached hydrogens (tertiary/aromatic N) is 3. The van der Waals surface area contributed by atoms with Crippen LogP contribution in [0.3, 0.4) is 0 Å². The van der Waals surface area contributed by atoms with Gasteiger partial charge in [0.2, 0.25) is 18.2 Å². The van der Waals surface area contributed by atoms with E-state index in [4.69, 9.17) is 5.11 Å². The van der Waals surface area contributed by atoms with Crippen molar-refractivity contribution in [2.24, 2.45) is 0 Å². The maximum Gasteiger partial charge on any atom is 0.410 e. The maximum absolute atomic E-state index is 11.3. The molecule has 4 rings (SSSR count). The van der Waals surface area contributed by atoms with E-state index in [1.807, 2.05) is 30.5 Å². The number of fused-ring (bicyclic) bond motifs is 1. The number of hydrogen-bond donors (Lipinski definition) is 4. The Morgan fingerprint density at radius 3 is 2.28 bits per heavy atom. The summed E-state index contributed by atoms with van der Waals surface area (Å²) in [5.74, 6) is 0.177. The number of carbonyl (C=O) groups is 4. The van der Waals surface area contributed by atoms with Crippen molar-refractivity contribution in [3.05, 3.63) is 36.7 Å². The minimum absolute atomic E-state index is 0.0303. The summed E-state index contributed by atoms with van der Waals surface area (Å²) >= 11 is 1.45. The molecule has 4 N–H and O–H groups in total. The minimum atomic E-state index is -1.14. The molecule has 0 atom stereocenters. The number of likely N-dealkylation sites (tertiary alicyclic amines) is 1. The molecule has 1 aliphatic rings. The summed E-state index contributed by atoms with van der Waals surface area (Å²) in [5.41, 5.74) is 1.72. The highest BCUT2D eigenvalue weighted by Crippen LogP contribution is 2.30. The Morgan fingerprint density at radius 1 is 1.11 bits per heavy atom. The molecule has 1 aliphatic heterocycles. The van der Waals surface area contributed by atoms with Gasteiger partial charge >= 0.3 is 6.09 Å². The second-order valence-corrected chi connectivity index (χ2v) is 8.89. The first-order valence-electron chi connectivity index (χ1n) is 11.6. The molecule has 2 aromatic heterocycles. The van der Waals surface area contributed by atoms with Gasteiger partial charge in [-0.3, -0.25) is 24.1 Å². The first-order chi connectivity index (χ1) is 17.3. The highest BCUT2D eigenvalue weighted by Gasteiger charge is 2.17. The highest BCUT2D eigenvalue weighted by atomic mass is 32.1. The van der Waals surface area contributed by atoms with Crippen molar-refractivity contribution in [2.45, 2.75) is 40.0 Å². The summed E-state index contributed by atoms with van der Waals surface area (Å²) in [6, 6.07) is 7.41. The van der Waals surface area contributed by atoms with Crippen LogP contribution in [0.4, 0.5) is 16.3 Å². The van der Waals surface area contributed by atoms with E-state index in [0.717, 1.165) is 42.1 Å². The van der Waals surface area contributed by atoms with E-state index >= 15 is 0 Å². The average Bonchev–Trinajstić information content (AvgIpc) is 3.56. The molecule has 0 unspecified atom stereocenters. The molecule has 0 bridgehead atoms. The zero-order valence-electron chi connectivity index (χ0n) is 20.6. The normalized spacial score (nSPS) is 12.0. The summed E-state index contributed by atoms with van der Waals surface area (Å²) in [7, 11) is 0. The van der Waals surface area contributed by atoms with Crippen LogP contribution in [0.1, 0.15) is 40.0 Å². The summed E-state index contributed by atoms with van der Waals surface area (Å²) < 4.78 is 1.77. The first-order valence-corrected chi connectivity index (χ1v) is 12.4. The van der Waals surface area contributed by atoms with Crippen LogP contribution in [0.15, 0.2) is 36.7 Å². The standard InChI is InChI=1S/C13H10N4O3S.C8H14N2O2.C3H8/c18-7-14-9-3-1-8(2-4-9)10-5-17-6-11(16-13(19)20)15-12(17)21-10;1-7(11)9-6-8(12)10-4-2-3-5-10;1-3-2/h1-7,16H,(H,14,18)(H,19,20);2-6H2,1H3,(H,9,11);3H2,1-2H3. The molecule has 0 saturated carbocycles. The van der Waals surface area contributed by atoms with Gasteiger partial charge in [0.25, 0.3) is 0 Å². The number of imidazole rings is 1. The van der Waals surface area contributed by atoms with E-state index in [0.29, 0.717) is 17.2 Å². The van der Waals surface area contributed by atoms with Crippen LogP contribution in [0.5, 0.6) is 0 Å². The van der Waals surface area contributed by atoms with E-state index in [2.05, 4.69) is 34.8 Å². The van der Waals surface area contributed by atoms with Crippen molar-refractivity contribution in [3.63, 3.8) is 0 Å². The lowest BCUT2D eigenvalue weighted by Crippen LogP contribution is -2.37. The second kappa shape index (κ2) is 14.5. The summed E-state index contributed by atoms with van der Waals surface area (Å²) in [6.45, 7) is 7.50. The lowest BCUT2D eigenvalue weighted by molar-refractivity contribution is -0.131. The predicted molar refractivity (Wildman–Crippen MR) is 140 cm³/mol. The topological polar surface area (TPSA) is 145 Å². The van der Waals surface area contributed by atoms with Crippen molar-refractivity contribution in [3.8, 4) is 10.4 Å². The van der Waals surface area contributed by atoms with Gasteiger partial charge in [0.05, 0.1) is 17.6 Å². The maximum atomic E-state index is 11.3. The van der Waals surface area contributed by atoms with Gasteiger partial charge in [-0.15, -0.1) is 0 Å². The molecule has 194 valence electrons. The number of rotatable bonds is 6. The number of nitrogens with one attached hydrogen (secondary N) is 3. The molecule has 0 radical (unpaired) electrons. The van der Waals surface area contributed by atoms with E-state index in [9.17, 15) is 19.2 Å².